The van der Waals surface area contributed by atoms with Gasteiger partial charge in [0.15, 0.2) is 0 Å². The molecule has 1 N–H and O–H groups in total. The van der Waals surface area contributed by atoms with Crippen LogP contribution in [0.5, 0.6) is 0 Å². The summed E-state index contributed by atoms with van der Waals surface area (Å²) in [7, 11) is 0. The van der Waals surface area contributed by atoms with E-state index in [4.69, 9.17) is 0 Å². The quantitative estimate of drug-likeness (QED) is 0.880. The summed E-state index contributed by atoms with van der Waals surface area (Å²) >= 11 is 0. The largest absolute Gasteiger partial charge is 0.368 e. The van der Waals surface area contributed by atoms with Gasteiger partial charge in [0.25, 0.3) is 0 Å². The molecule has 0 saturated carbocycles. The summed E-state index contributed by atoms with van der Waals surface area (Å²) in [6.07, 6.45) is 1.99. The molecular weight excluding hydrogens is 333 g/mol. The lowest BCUT2D eigenvalue weighted by Gasteiger charge is -2.38. The Kier molecular flexibility index (Phi) is 8.17. The smallest absolute Gasteiger partial charge is 0.225 e. The fourth-order valence-corrected chi connectivity index (χ4v) is 3.41. The first kappa shape index (κ1) is 20.1. The van der Waals surface area contributed by atoms with Crippen LogP contribution in [0, 0.1) is 12.8 Å². The highest BCUT2D eigenvalue weighted by atomic mass is 35.5. The van der Waals surface area contributed by atoms with E-state index in [1.807, 2.05) is 0 Å². The minimum Gasteiger partial charge on any atom is -0.368 e. The predicted octanol–water partition coefficient (Wildman–Crippen LogP) is 2.49. The zero-order chi connectivity index (χ0) is 14.7. The van der Waals surface area contributed by atoms with Crippen molar-refractivity contribution in [1.29, 1.82) is 0 Å². The second-order valence-electron chi connectivity index (χ2n) is 6.12. The van der Waals surface area contributed by atoms with Crippen LogP contribution in [0.1, 0.15) is 18.4 Å². The zero-order valence-electron chi connectivity index (χ0n) is 13.7. The van der Waals surface area contributed by atoms with E-state index < -0.39 is 0 Å². The van der Waals surface area contributed by atoms with Gasteiger partial charge in [-0.3, -0.25) is 4.79 Å². The summed E-state index contributed by atoms with van der Waals surface area (Å²) in [5.74, 6) is 0.622. The summed E-state index contributed by atoms with van der Waals surface area (Å²) in [6, 6.07) is 8.51. The number of halogens is 2. The van der Waals surface area contributed by atoms with Crippen molar-refractivity contribution in [2.45, 2.75) is 19.8 Å². The van der Waals surface area contributed by atoms with Crippen molar-refractivity contribution >= 4 is 36.4 Å². The summed E-state index contributed by atoms with van der Waals surface area (Å²) < 4.78 is 0. The van der Waals surface area contributed by atoms with Crippen molar-refractivity contribution in [1.82, 2.24) is 10.2 Å². The van der Waals surface area contributed by atoms with Gasteiger partial charge in [-0.1, -0.05) is 18.2 Å². The molecule has 0 aliphatic carbocycles. The maximum atomic E-state index is 12.5. The molecule has 2 heterocycles. The number of carbonyl (C=O) groups excluding carboxylic acids is 1. The monoisotopic (exact) mass is 359 g/mol. The van der Waals surface area contributed by atoms with E-state index in [-0.39, 0.29) is 30.7 Å². The van der Waals surface area contributed by atoms with Crippen LogP contribution in [-0.2, 0) is 4.79 Å². The van der Waals surface area contributed by atoms with E-state index in [2.05, 4.69) is 46.3 Å². The molecule has 1 aromatic rings. The molecule has 130 valence electrons. The topological polar surface area (TPSA) is 35.6 Å². The van der Waals surface area contributed by atoms with Gasteiger partial charge < -0.3 is 15.1 Å². The molecule has 23 heavy (non-hydrogen) atoms. The minimum atomic E-state index is 0. The lowest BCUT2D eigenvalue weighted by Crippen LogP contribution is -2.51. The van der Waals surface area contributed by atoms with Crippen LogP contribution in [0.15, 0.2) is 24.3 Å². The van der Waals surface area contributed by atoms with Gasteiger partial charge in [0.1, 0.15) is 0 Å². The average molecular weight is 360 g/mol. The number of rotatable bonds is 2. The lowest BCUT2D eigenvalue weighted by molar-refractivity contribution is -0.136. The molecule has 1 amide bonds. The first-order chi connectivity index (χ1) is 10.3. The molecule has 2 fully saturated rings. The molecule has 4 nitrogen and oxygen atoms in total. The molecule has 1 aromatic carbocycles. The standard InChI is InChI=1S/C17H25N3O.2ClH/c1-14-4-2-3-5-16(14)19-10-12-20(13-11-19)17(21)15-6-8-18-9-7-15;;/h2-5,15,18H,6-13H2,1H3;2*1H. The highest BCUT2D eigenvalue weighted by molar-refractivity contribution is 5.85. The molecule has 2 saturated heterocycles. The Labute approximate surface area is 151 Å². The lowest BCUT2D eigenvalue weighted by atomic mass is 9.96. The first-order valence-electron chi connectivity index (χ1n) is 8.06. The Balaban J connectivity index is 0.00000132. The number of benzene rings is 1. The third kappa shape index (κ3) is 4.75. The minimum absolute atomic E-state index is 0. The highest BCUT2D eigenvalue weighted by Gasteiger charge is 2.28. The summed E-state index contributed by atoms with van der Waals surface area (Å²) in [4.78, 5) is 17.0. The molecule has 0 unspecified atom stereocenters. The number of para-hydroxylation sites is 1. The van der Waals surface area contributed by atoms with Gasteiger partial charge in [0.2, 0.25) is 5.91 Å². The number of nitrogens with zero attached hydrogens (tertiary/aromatic N) is 2. The van der Waals surface area contributed by atoms with E-state index in [9.17, 15) is 4.79 Å². The Morgan fingerprint density at radius 1 is 1.04 bits per heavy atom. The van der Waals surface area contributed by atoms with Crippen LogP contribution in [0.2, 0.25) is 0 Å². The van der Waals surface area contributed by atoms with Crippen molar-refractivity contribution in [3.05, 3.63) is 29.8 Å². The number of aryl methyl sites for hydroxylation is 1. The van der Waals surface area contributed by atoms with Gasteiger partial charge in [-0.05, 0) is 44.5 Å². The maximum absolute atomic E-state index is 12.5. The third-order valence-corrected chi connectivity index (χ3v) is 4.74. The number of piperidine rings is 1. The molecule has 2 aliphatic rings. The first-order valence-corrected chi connectivity index (χ1v) is 8.06. The molecule has 0 bridgehead atoms. The van der Waals surface area contributed by atoms with Crippen molar-refractivity contribution in [2.24, 2.45) is 5.92 Å². The van der Waals surface area contributed by atoms with Crippen LogP contribution >= 0.6 is 24.8 Å². The molecular formula is C17H27Cl2N3O. The molecule has 0 atom stereocenters. The number of piperazine rings is 1. The normalized spacial score (nSPS) is 18.8. The van der Waals surface area contributed by atoms with Gasteiger partial charge in [-0.15, -0.1) is 24.8 Å². The van der Waals surface area contributed by atoms with Crippen LogP contribution in [0.4, 0.5) is 5.69 Å². The average Bonchev–Trinajstić information content (AvgIpc) is 2.56. The molecule has 0 aromatic heterocycles. The Morgan fingerprint density at radius 2 is 1.65 bits per heavy atom. The Hall–Kier alpha value is -0.970. The number of amides is 1. The van der Waals surface area contributed by atoms with Crippen molar-refractivity contribution in [3.8, 4) is 0 Å². The van der Waals surface area contributed by atoms with Crippen LogP contribution in [0.25, 0.3) is 0 Å². The summed E-state index contributed by atoms with van der Waals surface area (Å²) in [6.45, 7) is 7.73. The number of hydrogen-bond acceptors (Lipinski definition) is 3. The predicted molar refractivity (Wildman–Crippen MR) is 100 cm³/mol. The molecule has 0 radical (unpaired) electrons. The third-order valence-electron chi connectivity index (χ3n) is 4.74. The maximum Gasteiger partial charge on any atom is 0.225 e. The highest BCUT2D eigenvalue weighted by Crippen LogP contribution is 2.22. The fraction of sp³-hybridized carbons (Fsp3) is 0.588. The summed E-state index contributed by atoms with van der Waals surface area (Å²) in [5, 5.41) is 3.33. The number of nitrogens with one attached hydrogen (secondary N) is 1. The van der Waals surface area contributed by atoms with Gasteiger partial charge in [0, 0.05) is 37.8 Å². The second kappa shape index (κ2) is 9.36. The van der Waals surface area contributed by atoms with Crippen LogP contribution in [-0.4, -0.2) is 50.1 Å². The van der Waals surface area contributed by atoms with E-state index >= 15 is 0 Å². The second-order valence-corrected chi connectivity index (χ2v) is 6.12. The Morgan fingerprint density at radius 3 is 2.26 bits per heavy atom. The number of anilines is 1. The van der Waals surface area contributed by atoms with E-state index in [1.165, 1.54) is 11.3 Å². The van der Waals surface area contributed by atoms with Crippen molar-refractivity contribution < 1.29 is 4.79 Å². The molecule has 3 rings (SSSR count). The van der Waals surface area contributed by atoms with Gasteiger partial charge in [0.05, 0.1) is 0 Å². The van der Waals surface area contributed by atoms with E-state index in [0.29, 0.717) is 5.91 Å². The van der Waals surface area contributed by atoms with Crippen molar-refractivity contribution in [2.75, 3.05) is 44.2 Å². The molecule has 0 spiro atoms. The van der Waals surface area contributed by atoms with Gasteiger partial charge in [-0.25, -0.2) is 0 Å². The number of hydrogen-bond donors (Lipinski definition) is 1. The Bertz CT molecular complexity index is 498. The van der Waals surface area contributed by atoms with Crippen LogP contribution < -0.4 is 10.2 Å². The summed E-state index contributed by atoms with van der Waals surface area (Å²) in [5.41, 5.74) is 2.63. The molecule has 2 aliphatic heterocycles. The SMILES string of the molecule is Cc1ccccc1N1CCN(C(=O)C2CCNCC2)CC1.Cl.Cl. The van der Waals surface area contributed by atoms with E-state index in [1.54, 1.807) is 0 Å². The number of carbonyl (C=O) groups is 1. The van der Waals surface area contributed by atoms with Crippen LogP contribution in [0.3, 0.4) is 0 Å². The fourth-order valence-electron chi connectivity index (χ4n) is 3.41. The van der Waals surface area contributed by atoms with Crippen molar-refractivity contribution in [3.63, 3.8) is 0 Å². The molecule has 6 heteroatoms. The van der Waals surface area contributed by atoms with Gasteiger partial charge >= 0.3 is 0 Å². The van der Waals surface area contributed by atoms with E-state index in [0.717, 1.165) is 52.1 Å². The zero-order valence-corrected chi connectivity index (χ0v) is 15.3. The van der Waals surface area contributed by atoms with Gasteiger partial charge in [-0.2, -0.15) is 0 Å².